The highest BCUT2D eigenvalue weighted by Crippen LogP contribution is 2.46. The zero-order chi connectivity index (χ0) is 20.3. The second kappa shape index (κ2) is 8.92. The molecule has 0 fully saturated rings. The van der Waals surface area contributed by atoms with Crippen LogP contribution in [-0.2, 0) is 0 Å². The molecular formula is C19H12Cl3NO4S. The average molecular weight is 457 g/mol. The molecule has 144 valence electrons. The van der Waals surface area contributed by atoms with E-state index in [1.54, 1.807) is 42.5 Å². The van der Waals surface area contributed by atoms with Gasteiger partial charge in [0.05, 0.1) is 15.0 Å². The minimum Gasteiger partial charge on any atom is -0.454 e. The number of thioether (sulfide) groups is 1. The van der Waals surface area contributed by atoms with E-state index in [1.165, 1.54) is 23.9 Å². The van der Waals surface area contributed by atoms with Gasteiger partial charge in [0.1, 0.15) is 22.3 Å². The van der Waals surface area contributed by atoms with Crippen molar-refractivity contribution in [1.82, 2.24) is 0 Å². The average Bonchev–Trinajstić information content (AvgIpc) is 2.68. The third kappa shape index (κ3) is 4.47. The Morgan fingerprint density at radius 3 is 2.29 bits per heavy atom. The molecule has 3 aromatic carbocycles. The molecule has 0 aliphatic carbocycles. The number of halogens is 3. The first-order valence-corrected chi connectivity index (χ1v) is 10.2. The van der Waals surface area contributed by atoms with E-state index < -0.39 is 4.92 Å². The second-order valence-electron chi connectivity index (χ2n) is 5.42. The lowest BCUT2D eigenvalue weighted by molar-refractivity contribution is -0.385. The van der Waals surface area contributed by atoms with Gasteiger partial charge in [-0.05, 0) is 30.5 Å². The molecule has 28 heavy (non-hydrogen) atoms. The minimum atomic E-state index is -0.578. The summed E-state index contributed by atoms with van der Waals surface area (Å²) in [5.74, 6) is 0.687. The fourth-order valence-electron chi connectivity index (χ4n) is 2.32. The lowest BCUT2D eigenvalue weighted by atomic mass is 10.2. The second-order valence-corrected chi connectivity index (χ2v) is 7.46. The number of benzene rings is 3. The Morgan fingerprint density at radius 1 is 0.929 bits per heavy atom. The molecule has 0 saturated carbocycles. The predicted molar refractivity (Wildman–Crippen MR) is 113 cm³/mol. The van der Waals surface area contributed by atoms with Crippen molar-refractivity contribution in [3.63, 3.8) is 0 Å². The Morgan fingerprint density at radius 2 is 1.64 bits per heavy atom. The first-order chi connectivity index (χ1) is 13.4. The van der Waals surface area contributed by atoms with Crippen LogP contribution < -0.4 is 9.47 Å². The van der Waals surface area contributed by atoms with Gasteiger partial charge < -0.3 is 9.47 Å². The van der Waals surface area contributed by atoms with Crippen LogP contribution in [0.4, 0.5) is 5.69 Å². The molecule has 5 nitrogen and oxygen atoms in total. The molecule has 0 aromatic heterocycles. The Kier molecular flexibility index (Phi) is 6.57. The summed E-state index contributed by atoms with van der Waals surface area (Å²) in [7, 11) is 0. The summed E-state index contributed by atoms with van der Waals surface area (Å²) in [4.78, 5) is 11.6. The van der Waals surface area contributed by atoms with Crippen molar-refractivity contribution >= 4 is 52.3 Å². The maximum Gasteiger partial charge on any atom is 0.313 e. The molecule has 3 rings (SSSR count). The van der Waals surface area contributed by atoms with Gasteiger partial charge in [0.25, 0.3) is 0 Å². The number of para-hydroxylation sites is 1. The van der Waals surface area contributed by atoms with Crippen LogP contribution >= 0.6 is 46.6 Å². The molecule has 3 aromatic rings. The zero-order valence-electron chi connectivity index (χ0n) is 14.3. The molecule has 0 amide bonds. The van der Waals surface area contributed by atoms with Gasteiger partial charge in [-0.15, -0.1) is 11.8 Å². The first kappa shape index (κ1) is 20.6. The molecule has 0 saturated heterocycles. The van der Waals surface area contributed by atoms with Gasteiger partial charge in [-0.1, -0.05) is 53.0 Å². The fourth-order valence-corrected chi connectivity index (χ4v) is 3.70. The quantitative estimate of drug-likeness (QED) is 0.214. The third-order valence-electron chi connectivity index (χ3n) is 3.63. The molecule has 0 aliphatic rings. The number of nitro benzene ring substituents is 1. The molecule has 0 heterocycles. The maximum absolute atomic E-state index is 11.4. The van der Waals surface area contributed by atoms with E-state index in [-0.39, 0.29) is 28.0 Å². The van der Waals surface area contributed by atoms with E-state index in [9.17, 15) is 10.1 Å². The molecule has 0 radical (unpaired) electrons. The number of hydrogen-bond donors (Lipinski definition) is 0. The van der Waals surface area contributed by atoms with Crippen LogP contribution in [-0.4, -0.2) is 11.2 Å². The van der Waals surface area contributed by atoms with E-state index in [4.69, 9.17) is 44.3 Å². The number of rotatable bonds is 6. The molecule has 0 aliphatic heterocycles. The highest BCUT2D eigenvalue weighted by atomic mass is 35.5. The topological polar surface area (TPSA) is 61.6 Å². The fraction of sp³-hybridized carbons (Fsp3) is 0.0526. The van der Waals surface area contributed by atoms with Gasteiger partial charge in [-0.2, -0.15) is 0 Å². The van der Waals surface area contributed by atoms with Gasteiger partial charge in [0, 0.05) is 17.0 Å². The van der Waals surface area contributed by atoms with Crippen LogP contribution in [0, 0.1) is 10.1 Å². The van der Waals surface area contributed by atoms with Crippen LogP contribution in [0.25, 0.3) is 0 Å². The van der Waals surface area contributed by atoms with E-state index in [2.05, 4.69) is 0 Å². The summed E-state index contributed by atoms with van der Waals surface area (Å²) in [6, 6.07) is 14.5. The highest BCUT2D eigenvalue weighted by Gasteiger charge is 2.24. The number of ether oxygens (including phenoxy) is 2. The van der Waals surface area contributed by atoms with Crippen molar-refractivity contribution in [2.24, 2.45) is 0 Å². The van der Waals surface area contributed by atoms with E-state index in [0.29, 0.717) is 15.8 Å². The van der Waals surface area contributed by atoms with Crippen molar-refractivity contribution in [2.45, 2.75) is 4.90 Å². The van der Waals surface area contributed by atoms with E-state index >= 15 is 0 Å². The number of hydrogen-bond acceptors (Lipinski definition) is 5. The molecular weight excluding hydrogens is 445 g/mol. The maximum atomic E-state index is 11.4. The summed E-state index contributed by atoms with van der Waals surface area (Å²) in [5.41, 5.74) is -0.289. The smallest absolute Gasteiger partial charge is 0.313 e. The van der Waals surface area contributed by atoms with Crippen molar-refractivity contribution in [3.8, 4) is 23.0 Å². The first-order valence-electron chi connectivity index (χ1n) is 7.81. The van der Waals surface area contributed by atoms with Crippen LogP contribution in [0.1, 0.15) is 0 Å². The highest BCUT2D eigenvalue weighted by molar-refractivity contribution is 7.98. The monoisotopic (exact) mass is 455 g/mol. The van der Waals surface area contributed by atoms with Gasteiger partial charge >= 0.3 is 5.69 Å². The zero-order valence-corrected chi connectivity index (χ0v) is 17.4. The van der Waals surface area contributed by atoms with Crippen molar-refractivity contribution in [3.05, 3.63) is 79.8 Å². The molecule has 0 N–H and O–H groups in total. The SMILES string of the molecule is CSc1cc(Cl)c(Oc2ccc([N+](=O)[O-])c(Oc3ccccc3)c2Cl)cc1Cl. The molecule has 0 unspecified atom stereocenters. The van der Waals surface area contributed by atoms with Crippen LogP contribution in [0.5, 0.6) is 23.0 Å². The van der Waals surface area contributed by atoms with E-state index in [1.807, 2.05) is 6.26 Å². The summed E-state index contributed by atoms with van der Waals surface area (Å²) in [5, 5.41) is 12.1. The minimum absolute atomic E-state index is 0.0563. The Balaban J connectivity index is 2.02. The van der Waals surface area contributed by atoms with Crippen molar-refractivity contribution in [2.75, 3.05) is 6.26 Å². The molecule has 0 atom stereocenters. The van der Waals surface area contributed by atoms with Crippen LogP contribution in [0.15, 0.2) is 59.5 Å². The Bertz CT molecular complexity index is 1030. The Hall–Kier alpha value is -2.12. The lowest BCUT2D eigenvalue weighted by Gasteiger charge is -2.14. The van der Waals surface area contributed by atoms with Gasteiger partial charge in [0.2, 0.25) is 5.75 Å². The summed E-state index contributed by atoms with van der Waals surface area (Å²) in [6.07, 6.45) is 1.87. The molecule has 0 spiro atoms. The molecule has 9 heteroatoms. The van der Waals surface area contributed by atoms with Crippen LogP contribution in [0.3, 0.4) is 0 Å². The van der Waals surface area contributed by atoms with Crippen LogP contribution in [0.2, 0.25) is 15.1 Å². The largest absolute Gasteiger partial charge is 0.454 e. The summed E-state index contributed by atoms with van der Waals surface area (Å²) >= 11 is 20.3. The normalized spacial score (nSPS) is 10.6. The number of nitro groups is 1. The molecule has 0 bridgehead atoms. The third-order valence-corrected chi connectivity index (χ3v) is 5.48. The summed E-state index contributed by atoms with van der Waals surface area (Å²) < 4.78 is 11.4. The lowest BCUT2D eigenvalue weighted by Crippen LogP contribution is -1.96. The standard InChI is InChI=1S/C19H12Cl3NO4S/c1-28-17-10-12(20)16(9-13(17)21)27-15-8-7-14(23(24)25)19(18(15)22)26-11-5-3-2-4-6-11/h2-10H,1H3. The van der Waals surface area contributed by atoms with Gasteiger partial charge in [-0.25, -0.2) is 0 Å². The predicted octanol–water partition coefficient (Wildman–Crippen LogP) is 7.86. The van der Waals surface area contributed by atoms with Crippen molar-refractivity contribution < 1.29 is 14.4 Å². The van der Waals surface area contributed by atoms with E-state index in [0.717, 1.165) is 4.90 Å². The van der Waals surface area contributed by atoms with Gasteiger partial charge in [0.15, 0.2) is 0 Å². The Labute approximate surface area is 180 Å². The van der Waals surface area contributed by atoms with Gasteiger partial charge in [-0.3, -0.25) is 10.1 Å². The summed E-state index contributed by atoms with van der Waals surface area (Å²) in [6.45, 7) is 0. The van der Waals surface area contributed by atoms with Crippen molar-refractivity contribution in [1.29, 1.82) is 0 Å². The number of nitrogens with zero attached hydrogens (tertiary/aromatic N) is 1.